The highest BCUT2D eigenvalue weighted by Crippen LogP contribution is 2.32. The maximum Gasteiger partial charge on any atom is 0.0644 e. The molecule has 0 aliphatic rings. The predicted molar refractivity (Wildman–Crippen MR) is 75.3 cm³/mol. The number of benzene rings is 2. The van der Waals surface area contributed by atoms with Crippen LogP contribution in [0.25, 0.3) is 0 Å². The summed E-state index contributed by atoms with van der Waals surface area (Å²) < 4.78 is 0. The molecular formula is C13H12Cl2N2. The molecule has 2 aromatic rings. The lowest BCUT2D eigenvalue weighted by Gasteiger charge is -2.12. The molecular weight excluding hydrogens is 255 g/mol. The summed E-state index contributed by atoms with van der Waals surface area (Å²) in [6.45, 7) is 1.91. The van der Waals surface area contributed by atoms with Gasteiger partial charge < -0.3 is 11.1 Å². The van der Waals surface area contributed by atoms with Gasteiger partial charge in [-0.15, -0.1) is 0 Å². The molecule has 0 saturated heterocycles. The summed E-state index contributed by atoms with van der Waals surface area (Å²) in [4.78, 5) is 0. The van der Waals surface area contributed by atoms with E-state index >= 15 is 0 Å². The van der Waals surface area contributed by atoms with Gasteiger partial charge in [-0.25, -0.2) is 0 Å². The van der Waals surface area contributed by atoms with Gasteiger partial charge in [0.2, 0.25) is 0 Å². The van der Waals surface area contributed by atoms with E-state index in [1.54, 1.807) is 6.07 Å². The van der Waals surface area contributed by atoms with Crippen LogP contribution < -0.4 is 11.1 Å². The van der Waals surface area contributed by atoms with E-state index < -0.39 is 0 Å². The second-order valence-corrected chi connectivity index (χ2v) is 4.61. The van der Waals surface area contributed by atoms with E-state index in [2.05, 4.69) is 5.32 Å². The van der Waals surface area contributed by atoms with Gasteiger partial charge in [-0.2, -0.15) is 0 Å². The molecule has 0 aliphatic heterocycles. The van der Waals surface area contributed by atoms with Crippen molar-refractivity contribution in [1.82, 2.24) is 0 Å². The monoisotopic (exact) mass is 266 g/mol. The third kappa shape index (κ3) is 2.65. The van der Waals surface area contributed by atoms with E-state index in [-0.39, 0.29) is 0 Å². The number of para-hydroxylation sites is 2. The molecule has 0 unspecified atom stereocenters. The summed E-state index contributed by atoms with van der Waals surface area (Å²) in [5.41, 5.74) is 9.03. The van der Waals surface area contributed by atoms with Crippen LogP contribution in [0.1, 0.15) is 5.56 Å². The number of nitrogens with one attached hydrogen (secondary N) is 1. The smallest absolute Gasteiger partial charge is 0.0644 e. The van der Waals surface area contributed by atoms with Crippen molar-refractivity contribution in [2.75, 3.05) is 11.1 Å². The zero-order chi connectivity index (χ0) is 12.4. The second kappa shape index (κ2) is 4.86. The van der Waals surface area contributed by atoms with Crippen LogP contribution in [0, 0.1) is 6.92 Å². The fraction of sp³-hybridized carbons (Fsp3) is 0.0769. The Kier molecular flexibility index (Phi) is 3.46. The number of rotatable bonds is 2. The predicted octanol–water partition coefficient (Wildman–Crippen LogP) is 4.63. The molecule has 88 valence electrons. The fourth-order valence-corrected chi connectivity index (χ4v) is 1.93. The van der Waals surface area contributed by atoms with Gasteiger partial charge >= 0.3 is 0 Å². The topological polar surface area (TPSA) is 38.0 Å². The Labute approximate surface area is 110 Å². The summed E-state index contributed by atoms with van der Waals surface area (Å²) in [6, 6.07) is 11.1. The van der Waals surface area contributed by atoms with Crippen molar-refractivity contribution in [3.05, 3.63) is 52.0 Å². The molecule has 4 heteroatoms. The third-order valence-electron chi connectivity index (χ3n) is 2.48. The molecule has 2 rings (SSSR count). The van der Waals surface area contributed by atoms with E-state index in [1.807, 2.05) is 37.3 Å². The molecule has 0 aliphatic carbocycles. The van der Waals surface area contributed by atoms with Gasteiger partial charge in [0, 0.05) is 5.02 Å². The highest BCUT2D eigenvalue weighted by molar-refractivity contribution is 6.35. The normalized spacial score (nSPS) is 10.3. The van der Waals surface area contributed by atoms with Crippen LogP contribution in [0.15, 0.2) is 36.4 Å². The minimum Gasteiger partial charge on any atom is -0.397 e. The standard InChI is InChI=1S/C13H12Cl2N2/c1-8-6-10(15)13(7-9(8)14)17-12-5-3-2-4-11(12)16/h2-7,17H,16H2,1H3. The number of aryl methyl sites for hydroxylation is 1. The van der Waals surface area contributed by atoms with Gasteiger partial charge in [0.1, 0.15) is 0 Å². The van der Waals surface area contributed by atoms with Crippen molar-refractivity contribution in [3.63, 3.8) is 0 Å². The van der Waals surface area contributed by atoms with Gasteiger partial charge in [-0.1, -0.05) is 35.3 Å². The largest absolute Gasteiger partial charge is 0.397 e. The number of hydrogen-bond acceptors (Lipinski definition) is 2. The molecule has 0 amide bonds. The number of hydrogen-bond donors (Lipinski definition) is 2. The summed E-state index contributed by atoms with van der Waals surface area (Å²) in [5, 5.41) is 4.46. The zero-order valence-corrected chi connectivity index (χ0v) is 10.8. The molecule has 0 fully saturated rings. The first-order chi connectivity index (χ1) is 8.08. The van der Waals surface area contributed by atoms with E-state index in [9.17, 15) is 0 Å². The first-order valence-electron chi connectivity index (χ1n) is 5.15. The molecule has 2 nitrogen and oxygen atoms in total. The lowest BCUT2D eigenvalue weighted by Crippen LogP contribution is -1.96. The van der Waals surface area contributed by atoms with Crippen LogP contribution >= 0.6 is 23.2 Å². The molecule has 2 aromatic carbocycles. The quantitative estimate of drug-likeness (QED) is 0.778. The first kappa shape index (κ1) is 12.1. The minimum atomic E-state index is 0.621. The van der Waals surface area contributed by atoms with Crippen molar-refractivity contribution in [1.29, 1.82) is 0 Å². The zero-order valence-electron chi connectivity index (χ0n) is 9.30. The Morgan fingerprint density at radius 2 is 1.71 bits per heavy atom. The average molecular weight is 267 g/mol. The SMILES string of the molecule is Cc1cc(Cl)c(Nc2ccccc2N)cc1Cl. The van der Waals surface area contributed by atoms with Crippen molar-refractivity contribution in [2.24, 2.45) is 0 Å². The van der Waals surface area contributed by atoms with Crippen molar-refractivity contribution in [3.8, 4) is 0 Å². The van der Waals surface area contributed by atoms with Gasteiger partial charge in [0.15, 0.2) is 0 Å². The van der Waals surface area contributed by atoms with Crippen molar-refractivity contribution in [2.45, 2.75) is 6.92 Å². The Bertz CT molecular complexity index is 553. The highest BCUT2D eigenvalue weighted by atomic mass is 35.5. The van der Waals surface area contributed by atoms with Crippen LogP contribution in [0.4, 0.5) is 17.1 Å². The van der Waals surface area contributed by atoms with Gasteiger partial charge in [0.25, 0.3) is 0 Å². The third-order valence-corrected chi connectivity index (χ3v) is 3.20. The molecule has 0 saturated carbocycles. The summed E-state index contributed by atoms with van der Waals surface area (Å²) in [7, 11) is 0. The van der Waals surface area contributed by atoms with E-state index in [1.165, 1.54) is 0 Å². The van der Waals surface area contributed by atoms with Crippen molar-refractivity contribution < 1.29 is 0 Å². The van der Waals surface area contributed by atoms with Gasteiger partial charge in [0.05, 0.1) is 22.1 Å². The Hall–Kier alpha value is -1.38. The average Bonchev–Trinajstić information content (AvgIpc) is 2.29. The van der Waals surface area contributed by atoms with Crippen LogP contribution in [-0.2, 0) is 0 Å². The first-order valence-corrected chi connectivity index (χ1v) is 5.90. The molecule has 0 spiro atoms. The van der Waals surface area contributed by atoms with E-state index in [4.69, 9.17) is 28.9 Å². The maximum atomic E-state index is 6.14. The van der Waals surface area contributed by atoms with Crippen LogP contribution in [0.3, 0.4) is 0 Å². The van der Waals surface area contributed by atoms with Crippen LogP contribution in [0.5, 0.6) is 0 Å². The number of nitrogens with two attached hydrogens (primary N) is 1. The number of anilines is 3. The summed E-state index contributed by atoms with van der Waals surface area (Å²) in [5.74, 6) is 0. The minimum absolute atomic E-state index is 0.621. The van der Waals surface area contributed by atoms with Crippen molar-refractivity contribution >= 4 is 40.3 Å². The fourth-order valence-electron chi connectivity index (χ4n) is 1.50. The molecule has 0 aromatic heterocycles. The molecule has 17 heavy (non-hydrogen) atoms. The van der Waals surface area contributed by atoms with Crippen LogP contribution in [0.2, 0.25) is 10.0 Å². The van der Waals surface area contributed by atoms with Gasteiger partial charge in [-0.05, 0) is 36.8 Å². The maximum absolute atomic E-state index is 6.14. The lowest BCUT2D eigenvalue weighted by molar-refractivity contribution is 1.45. The van der Waals surface area contributed by atoms with Gasteiger partial charge in [-0.3, -0.25) is 0 Å². The summed E-state index contributed by atoms with van der Waals surface area (Å²) >= 11 is 12.2. The van der Waals surface area contributed by atoms with E-state index in [0.29, 0.717) is 15.7 Å². The molecule has 0 heterocycles. The number of halogens is 2. The summed E-state index contributed by atoms with van der Waals surface area (Å²) in [6.07, 6.45) is 0. The molecule has 0 radical (unpaired) electrons. The van der Waals surface area contributed by atoms with Crippen LogP contribution in [-0.4, -0.2) is 0 Å². The molecule has 0 bridgehead atoms. The second-order valence-electron chi connectivity index (χ2n) is 3.79. The molecule has 3 N–H and O–H groups in total. The Morgan fingerprint density at radius 3 is 2.41 bits per heavy atom. The molecule has 0 atom stereocenters. The lowest BCUT2D eigenvalue weighted by atomic mass is 10.2. The Balaban J connectivity index is 2.37. The highest BCUT2D eigenvalue weighted by Gasteiger charge is 2.06. The van der Waals surface area contributed by atoms with E-state index in [0.717, 1.165) is 16.9 Å². The number of nitrogen functional groups attached to an aromatic ring is 1. The Morgan fingerprint density at radius 1 is 1.00 bits per heavy atom.